The van der Waals surface area contributed by atoms with Crippen molar-refractivity contribution in [1.82, 2.24) is 14.8 Å². The first kappa shape index (κ1) is 18.5. The molecule has 2 aliphatic heterocycles. The number of pyridine rings is 1. The lowest BCUT2D eigenvalue weighted by atomic mass is 9.95. The van der Waals surface area contributed by atoms with E-state index in [0.717, 1.165) is 25.8 Å². The van der Waals surface area contributed by atoms with Gasteiger partial charge in [-0.25, -0.2) is 4.98 Å². The SMILES string of the molecule is O=C(c1ccccc1)N1CCC(C(=O)N2CCC(Oc3ccccn3)C2)CC1. The van der Waals surface area contributed by atoms with Crippen molar-refractivity contribution in [1.29, 1.82) is 0 Å². The molecular weight excluding hydrogens is 354 g/mol. The summed E-state index contributed by atoms with van der Waals surface area (Å²) in [6.07, 6.45) is 3.98. The predicted molar refractivity (Wildman–Crippen MR) is 105 cm³/mol. The lowest BCUT2D eigenvalue weighted by molar-refractivity contribution is -0.136. The molecule has 1 unspecified atom stereocenters. The quantitative estimate of drug-likeness (QED) is 0.819. The molecule has 6 heteroatoms. The normalized spacial score (nSPS) is 20.2. The second kappa shape index (κ2) is 8.42. The number of aromatic nitrogens is 1. The van der Waals surface area contributed by atoms with Crippen molar-refractivity contribution in [3.05, 3.63) is 60.3 Å². The second-order valence-electron chi connectivity index (χ2n) is 7.41. The van der Waals surface area contributed by atoms with Crippen LogP contribution in [-0.2, 0) is 4.79 Å². The summed E-state index contributed by atoms with van der Waals surface area (Å²) < 4.78 is 5.88. The predicted octanol–water partition coefficient (Wildman–Crippen LogP) is 2.61. The number of ether oxygens (including phenoxy) is 1. The first-order chi connectivity index (χ1) is 13.7. The Morgan fingerprint density at radius 2 is 1.61 bits per heavy atom. The molecular formula is C22H25N3O3. The van der Waals surface area contributed by atoms with E-state index in [4.69, 9.17) is 4.74 Å². The van der Waals surface area contributed by atoms with E-state index >= 15 is 0 Å². The van der Waals surface area contributed by atoms with E-state index in [1.807, 2.05) is 58.3 Å². The van der Waals surface area contributed by atoms with Gasteiger partial charge in [-0.05, 0) is 31.0 Å². The molecule has 6 nitrogen and oxygen atoms in total. The van der Waals surface area contributed by atoms with Crippen LogP contribution in [0.15, 0.2) is 54.7 Å². The fourth-order valence-electron chi connectivity index (χ4n) is 3.96. The van der Waals surface area contributed by atoms with E-state index in [-0.39, 0.29) is 23.8 Å². The van der Waals surface area contributed by atoms with E-state index < -0.39 is 0 Å². The summed E-state index contributed by atoms with van der Waals surface area (Å²) in [7, 11) is 0. The van der Waals surface area contributed by atoms with Crippen molar-refractivity contribution < 1.29 is 14.3 Å². The first-order valence-corrected chi connectivity index (χ1v) is 9.91. The molecule has 4 rings (SSSR count). The maximum absolute atomic E-state index is 12.9. The number of carbonyl (C=O) groups is 2. The fraction of sp³-hybridized carbons (Fsp3) is 0.409. The molecule has 2 amide bonds. The van der Waals surface area contributed by atoms with Gasteiger partial charge in [-0.15, -0.1) is 0 Å². The molecule has 146 valence electrons. The molecule has 0 bridgehead atoms. The number of hydrogen-bond donors (Lipinski definition) is 0. The molecule has 1 aromatic heterocycles. The number of carbonyl (C=O) groups excluding carboxylic acids is 2. The van der Waals surface area contributed by atoms with Gasteiger partial charge in [0.1, 0.15) is 6.10 Å². The minimum atomic E-state index is -0.00609. The summed E-state index contributed by atoms with van der Waals surface area (Å²) in [5.74, 6) is 0.846. The van der Waals surface area contributed by atoms with E-state index in [1.54, 1.807) is 6.20 Å². The van der Waals surface area contributed by atoms with E-state index in [0.29, 0.717) is 31.1 Å². The molecule has 28 heavy (non-hydrogen) atoms. The molecule has 2 fully saturated rings. The van der Waals surface area contributed by atoms with Gasteiger partial charge in [0.15, 0.2) is 0 Å². The van der Waals surface area contributed by atoms with Crippen molar-refractivity contribution in [3.8, 4) is 5.88 Å². The highest BCUT2D eigenvalue weighted by molar-refractivity contribution is 5.94. The number of benzene rings is 1. The first-order valence-electron chi connectivity index (χ1n) is 9.91. The molecule has 0 aliphatic carbocycles. The Morgan fingerprint density at radius 1 is 0.893 bits per heavy atom. The molecule has 1 atom stereocenters. The monoisotopic (exact) mass is 379 g/mol. The zero-order valence-corrected chi connectivity index (χ0v) is 15.9. The smallest absolute Gasteiger partial charge is 0.253 e. The largest absolute Gasteiger partial charge is 0.472 e. The van der Waals surface area contributed by atoms with Gasteiger partial charge < -0.3 is 14.5 Å². The highest BCUT2D eigenvalue weighted by atomic mass is 16.5. The minimum Gasteiger partial charge on any atom is -0.472 e. The maximum atomic E-state index is 12.9. The highest BCUT2D eigenvalue weighted by Gasteiger charge is 2.34. The Bertz CT molecular complexity index is 804. The van der Waals surface area contributed by atoms with Crippen LogP contribution in [0.1, 0.15) is 29.6 Å². The van der Waals surface area contributed by atoms with Gasteiger partial charge in [-0.2, -0.15) is 0 Å². The third-order valence-electron chi connectivity index (χ3n) is 5.53. The van der Waals surface area contributed by atoms with Crippen molar-refractivity contribution in [2.75, 3.05) is 26.2 Å². The Hall–Kier alpha value is -2.89. The van der Waals surface area contributed by atoms with Crippen LogP contribution in [0.4, 0.5) is 0 Å². The van der Waals surface area contributed by atoms with Gasteiger partial charge in [0, 0.05) is 49.8 Å². The maximum Gasteiger partial charge on any atom is 0.253 e. The Labute approximate surface area is 165 Å². The van der Waals surface area contributed by atoms with Crippen molar-refractivity contribution in [3.63, 3.8) is 0 Å². The van der Waals surface area contributed by atoms with Crippen LogP contribution >= 0.6 is 0 Å². The number of amides is 2. The molecule has 2 aliphatic rings. The average molecular weight is 379 g/mol. The third-order valence-corrected chi connectivity index (χ3v) is 5.53. The number of nitrogens with zero attached hydrogens (tertiary/aromatic N) is 3. The summed E-state index contributed by atoms with van der Waals surface area (Å²) in [4.78, 5) is 33.4. The van der Waals surface area contributed by atoms with Crippen molar-refractivity contribution >= 4 is 11.8 Å². The molecule has 2 aromatic rings. The fourth-order valence-corrected chi connectivity index (χ4v) is 3.96. The van der Waals surface area contributed by atoms with Crippen LogP contribution in [0.5, 0.6) is 5.88 Å². The molecule has 3 heterocycles. The Balaban J connectivity index is 1.27. The third kappa shape index (κ3) is 4.16. The van der Waals surface area contributed by atoms with Crippen LogP contribution in [0.2, 0.25) is 0 Å². The van der Waals surface area contributed by atoms with Crippen LogP contribution in [-0.4, -0.2) is 58.9 Å². The number of piperidine rings is 1. The Morgan fingerprint density at radius 3 is 2.32 bits per heavy atom. The summed E-state index contributed by atoms with van der Waals surface area (Å²) in [6, 6.07) is 14.9. The van der Waals surface area contributed by atoms with Gasteiger partial charge in [0.25, 0.3) is 5.91 Å². The molecule has 2 saturated heterocycles. The average Bonchev–Trinajstić information content (AvgIpc) is 3.22. The van der Waals surface area contributed by atoms with Gasteiger partial charge in [0.05, 0.1) is 6.54 Å². The van der Waals surface area contributed by atoms with Gasteiger partial charge in [-0.1, -0.05) is 24.3 Å². The lowest BCUT2D eigenvalue weighted by Gasteiger charge is -2.33. The minimum absolute atomic E-state index is 0.00130. The number of hydrogen-bond acceptors (Lipinski definition) is 4. The van der Waals surface area contributed by atoms with Crippen LogP contribution < -0.4 is 4.74 Å². The van der Waals surface area contributed by atoms with E-state index in [2.05, 4.69) is 4.98 Å². The highest BCUT2D eigenvalue weighted by Crippen LogP contribution is 2.24. The van der Waals surface area contributed by atoms with Gasteiger partial charge in [-0.3, -0.25) is 9.59 Å². The van der Waals surface area contributed by atoms with Crippen molar-refractivity contribution in [2.45, 2.75) is 25.4 Å². The number of likely N-dealkylation sites (tertiary alicyclic amines) is 2. The molecule has 0 radical (unpaired) electrons. The van der Waals surface area contributed by atoms with E-state index in [1.165, 1.54) is 0 Å². The van der Waals surface area contributed by atoms with Crippen LogP contribution in [0, 0.1) is 5.92 Å². The second-order valence-corrected chi connectivity index (χ2v) is 7.41. The van der Waals surface area contributed by atoms with Gasteiger partial charge >= 0.3 is 0 Å². The topological polar surface area (TPSA) is 62.7 Å². The van der Waals surface area contributed by atoms with Crippen LogP contribution in [0.25, 0.3) is 0 Å². The Kier molecular flexibility index (Phi) is 5.55. The van der Waals surface area contributed by atoms with E-state index in [9.17, 15) is 9.59 Å². The standard InChI is InChI=1S/C22H25N3O3/c26-21(17-6-2-1-3-7-17)24-13-9-18(10-14-24)22(27)25-15-11-19(16-25)28-20-8-4-5-12-23-20/h1-8,12,18-19H,9-11,13-16H2. The summed E-state index contributed by atoms with van der Waals surface area (Å²) >= 11 is 0. The molecule has 1 aromatic carbocycles. The molecule has 0 N–H and O–H groups in total. The zero-order valence-electron chi connectivity index (χ0n) is 15.9. The van der Waals surface area contributed by atoms with Crippen molar-refractivity contribution in [2.24, 2.45) is 5.92 Å². The summed E-state index contributed by atoms with van der Waals surface area (Å²) in [5.41, 5.74) is 0.710. The molecule has 0 saturated carbocycles. The van der Waals surface area contributed by atoms with Gasteiger partial charge in [0.2, 0.25) is 11.8 Å². The number of rotatable bonds is 4. The summed E-state index contributed by atoms with van der Waals surface area (Å²) in [6.45, 7) is 2.59. The lowest BCUT2D eigenvalue weighted by Crippen LogP contribution is -2.44. The zero-order chi connectivity index (χ0) is 19.3. The summed E-state index contributed by atoms with van der Waals surface area (Å²) in [5, 5.41) is 0. The van der Waals surface area contributed by atoms with Crippen LogP contribution in [0.3, 0.4) is 0 Å². The molecule has 0 spiro atoms.